The van der Waals surface area contributed by atoms with Crippen LogP contribution in [0.5, 0.6) is 0 Å². The second-order valence-electron chi connectivity index (χ2n) is 6.98. The van der Waals surface area contributed by atoms with E-state index in [2.05, 4.69) is 0 Å². The van der Waals surface area contributed by atoms with Crippen molar-refractivity contribution < 1.29 is 26.3 Å². The molecule has 2 aromatic rings. The highest BCUT2D eigenvalue weighted by molar-refractivity contribution is 6.30. The molecule has 0 bridgehead atoms. The van der Waals surface area contributed by atoms with Gasteiger partial charge < -0.3 is 0 Å². The van der Waals surface area contributed by atoms with Gasteiger partial charge in [-0.25, -0.2) is 0 Å². The SMILES string of the molecule is FC(F)(F)C1(C(F)(F)F)CCC(c2ccc(-c3ccc(Cl)cc3)cc2)CC1. The van der Waals surface area contributed by atoms with Crippen LogP contribution in [-0.2, 0) is 0 Å². The van der Waals surface area contributed by atoms with Gasteiger partial charge in [0.1, 0.15) is 0 Å². The van der Waals surface area contributed by atoms with Gasteiger partial charge in [-0.2, -0.15) is 26.3 Å². The lowest BCUT2D eigenvalue weighted by Gasteiger charge is -2.42. The highest BCUT2D eigenvalue weighted by atomic mass is 35.5. The number of alkyl halides is 6. The van der Waals surface area contributed by atoms with E-state index in [0.717, 1.165) is 16.7 Å². The Morgan fingerprint density at radius 3 is 1.52 bits per heavy atom. The zero-order chi connectivity index (χ0) is 19.9. The average molecular weight is 407 g/mol. The van der Waals surface area contributed by atoms with Gasteiger partial charge in [0.25, 0.3) is 0 Å². The zero-order valence-corrected chi connectivity index (χ0v) is 14.9. The third kappa shape index (κ3) is 3.82. The summed E-state index contributed by atoms with van der Waals surface area (Å²) >= 11 is 5.85. The highest BCUT2D eigenvalue weighted by Crippen LogP contribution is 2.60. The summed E-state index contributed by atoms with van der Waals surface area (Å²) in [5.74, 6) is -0.304. The van der Waals surface area contributed by atoms with Crippen molar-refractivity contribution in [3.63, 3.8) is 0 Å². The van der Waals surface area contributed by atoms with Gasteiger partial charge in [0, 0.05) is 5.02 Å². The van der Waals surface area contributed by atoms with Crippen LogP contribution < -0.4 is 0 Å². The monoisotopic (exact) mass is 406 g/mol. The Labute approximate surface area is 158 Å². The quantitative estimate of drug-likeness (QED) is 0.447. The summed E-state index contributed by atoms with van der Waals surface area (Å²) in [6.07, 6.45) is -12.7. The average Bonchev–Trinajstić information content (AvgIpc) is 2.61. The predicted octanol–water partition coefficient (Wildman–Crippen LogP) is 7.78. The van der Waals surface area contributed by atoms with Crippen molar-refractivity contribution in [3.05, 3.63) is 59.1 Å². The molecule has 1 fully saturated rings. The van der Waals surface area contributed by atoms with Crippen molar-refractivity contribution in [1.82, 2.24) is 0 Å². The largest absolute Gasteiger partial charge is 0.403 e. The lowest BCUT2D eigenvalue weighted by atomic mass is 9.68. The van der Waals surface area contributed by atoms with Crippen molar-refractivity contribution in [1.29, 1.82) is 0 Å². The molecule has 1 aliphatic rings. The van der Waals surface area contributed by atoms with Gasteiger partial charge in [-0.05, 0) is 60.4 Å². The molecule has 2 aromatic carbocycles. The second-order valence-corrected chi connectivity index (χ2v) is 7.42. The highest BCUT2D eigenvalue weighted by Gasteiger charge is 2.70. The fraction of sp³-hybridized carbons (Fsp3) is 0.400. The first kappa shape index (κ1) is 20.1. The van der Waals surface area contributed by atoms with E-state index in [0.29, 0.717) is 5.02 Å². The molecule has 146 valence electrons. The normalized spacial score (nSPS) is 18.5. The van der Waals surface area contributed by atoms with E-state index in [9.17, 15) is 26.3 Å². The van der Waals surface area contributed by atoms with E-state index in [4.69, 9.17) is 11.6 Å². The molecule has 1 aliphatic carbocycles. The van der Waals surface area contributed by atoms with E-state index in [-0.39, 0.29) is 18.8 Å². The van der Waals surface area contributed by atoms with Crippen LogP contribution in [0.15, 0.2) is 48.5 Å². The van der Waals surface area contributed by atoms with Crippen molar-refractivity contribution in [2.75, 3.05) is 0 Å². The molecular formula is C20H17ClF6. The minimum Gasteiger partial charge on any atom is -0.170 e. The summed E-state index contributed by atoms with van der Waals surface area (Å²) in [6.45, 7) is 0. The molecule has 1 saturated carbocycles. The Bertz CT molecular complexity index is 750. The smallest absolute Gasteiger partial charge is 0.170 e. The van der Waals surface area contributed by atoms with Crippen LogP contribution >= 0.6 is 11.6 Å². The molecular weight excluding hydrogens is 390 g/mol. The third-order valence-electron chi connectivity index (χ3n) is 5.48. The fourth-order valence-electron chi connectivity index (χ4n) is 3.76. The summed E-state index contributed by atoms with van der Waals surface area (Å²) < 4.78 is 79.0. The minimum absolute atomic E-state index is 0.140. The molecule has 0 N–H and O–H groups in total. The molecule has 0 radical (unpaired) electrons. The summed E-state index contributed by atoms with van der Waals surface area (Å²) in [6, 6.07) is 14.4. The molecule has 3 rings (SSSR count). The first-order valence-electron chi connectivity index (χ1n) is 8.53. The number of hydrogen-bond donors (Lipinski definition) is 0. The van der Waals surface area contributed by atoms with Crippen molar-refractivity contribution in [2.24, 2.45) is 5.41 Å². The third-order valence-corrected chi connectivity index (χ3v) is 5.74. The van der Waals surface area contributed by atoms with Crippen LogP contribution in [0.1, 0.15) is 37.2 Å². The lowest BCUT2D eigenvalue weighted by Crippen LogP contribution is -2.51. The van der Waals surface area contributed by atoms with Gasteiger partial charge >= 0.3 is 12.4 Å². The maximum absolute atomic E-state index is 13.2. The van der Waals surface area contributed by atoms with E-state index in [1.54, 1.807) is 24.3 Å². The fourth-order valence-corrected chi connectivity index (χ4v) is 3.89. The number of hydrogen-bond acceptors (Lipinski definition) is 0. The molecule has 27 heavy (non-hydrogen) atoms. The van der Waals surface area contributed by atoms with E-state index >= 15 is 0 Å². The van der Waals surface area contributed by atoms with Gasteiger partial charge in [0.2, 0.25) is 0 Å². The lowest BCUT2D eigenvalue weighted by molar-refractivity contribution is -0.350. The zero-order valence-electron chi connectivity index (χ0n) is 14.2. The van der Waals surface area contributed by atoms with Gasteiger partial charge in [0.05, 0.1) is 0 Å². The Morgan fingerprint density at radius 1 is 0.704 bits per heavy atom. The Hall–Kier alpha value is -1.69. The molecule has 0 unspecified atom stereocenters. The molecule has 0 aliphatic heterocycles. The number of benzene rings is 2. The van der Waals surface area contributed by atoms with Gasteiger partial charge in [0.15, 0.2) is 5.41 Å². The molecule has 0 spiro atoms. The predicted molar refractivity (Wildman–Crippen MR) is 92.6 cm³/mol. The van der Waals surface area contributed by atoms with E-state index in [1.165, 1.54) is 0 Å². The molecule has 0 aromatic heterocycles. The molecule has 0 nitrogen and oxygen atoms in total. The van der Waals surface area contributed by atoms with E-state index < -0.39 is 30.6 Å². The van der Waals surface area contributed by atoms with Crippen LogP contribution in [0.2, 0.25) is 5.02 Å². The topological polar surface area (TPSA) is 0 Å². The van der Waals surface area contributed by atoms with Crippen LogP contribution in [-0.4, -0.2) is 12.4 Å². The maximum Gasteiger partial charge on any atom is 0.403 e. The summed E-state index contributed by atoms with van der Waals surface area (Å²) in [4.78, 5) is 0. The molecule has 0 amide bonds. The van der Waals surface area contributed by atoms with Crippen LogP contribution in [0.3, 0.4) is 0 Å². The van der Waals surface area contributed by atoms with Crippen molar-refractivity contribution >= 4 is 11.6 Å². The van der Waals surface area contributed by atoms with Gasteiger partial charge in [-0.3, -0.25) is 0 Å². The first-order valence-corrected chi connectivity index (χ1v) is 8.91. The van der Waals surface area contributed by atoms with Crippen LogP contribution in [0.4, 0.5) is 26.3 Å². The van der Waals surface area contributed by atoms with Crippen LogP contribution in [0, 0.1) is 5.41 Å². The second kappa shape index (κ2) is 7.04. The Balaban J connectivity index is 1.75. The first-order chi connectivity index (χ1) is 12.5. The summed E-state index contributed by atoms with van der Waals surface area (Å²) in [5, 5.41) is 0.607. The molecule has 7 heteroatoms. The summed E-state index contributed by atoms with van der Waals surface area (Å²) in [5.41, 5.74) is -0.973. The van der Waals surface area contributed by atoms with E-state index in [1.807, 2.05) is 24.3 Å². The summed E-state index contributed by atoms with van der Waals surface area (Å²) in [7, 11) is 0. The molecule has 0 heterocycles. The Kier molecular flexibility index (Phi) is 5.23. The van der Waals surface area contributed by atoms with Crippen LogP contribution in [0.25, 0.3) is 11.1 Å². The minimum atomic E-state index is -5.28. The van der Waals surface area contributed by atoms with Crippen molar-refractivity contribution in [2.45, 2.75) is 44.0 Å². The maximum atomic E-state index is 13.2. The standard InChI is InChI=1S/C20H17ClF6/c21-17-7-5-15(6-8-17)13-1-3-14(4-2-13)16-9-11-18(12-10-16,19(22,23)24)20(25,26)27/h1-8,16H,9-12H2. The number of halogens is 7. The van der Waals surface area contributed by atoms with Gasteiger partial charge in [-0.1, -0.05) is 48.0 Å². The molecule has 0 atom stereocenters. The Morgan fingerprint density at radius 2 is 1.11 bits per heavy atom. The molecule has 0 saturated heterocycles. The van der Waals surface area contributed by atoms with Crippen molar-refractivity contribution in [3.8, 4) is 11.1 Å². The van der Waals surface area contributed by atoms with Gasteiger partial charge in [-0.15, -0.1) is 0 Å². The number of rotatable bonds is 2.